The van der Waals surface area contributed by atoms with Gasteiger partial charge in [0.05, 0.1) is 6.61 Å². The minimum Gasteiger partial charge on any atom is -0.546 e. The van der Waals surface area contributed by atoms with E-state index in [-0.39, 0.29) is 6.54 Å². The van der Waals surface area contributed by atoms with Crippen molar-refractivity contribution < 1.29 is 13.7 Å². The molecule has 1 aromatic heterocycles. The molecule has 1 fully saturated rings. The number of piperidine rings is 1. The fraction of sp³-hybridized carbons (Fsp3) is 0.579. The van der Waals surface area contributed by atoms with E-state index in [0.29, 0.717) is 24.8 Å². The zero-order valence-electron chi connectivity index (χ0n) is 16.0. The van der Waals surface area contributed by atoms with Crippen molar-refractivity contribution in [1.29, 1.82) is 0 Å². The summed E-state index contributed by atoms with van der Waals surface area (Å²) in [6.45, 7) is 4.08. The molecular weight excluding hydrogens is 381 g/mol. The van der Waals surface area contributed by atoms with Gasteiger partial charge >= 0.3 is 0 Å². The van der Waals surface area contributed by atoms with Gasteiger partial charge in [-0.2, -0.15) is 0 Å². The standard InChI is InChI=1S/C19H28FN5O2S/c20-8-10-22-19-18(23-28(26)24-19)21-9-5-13-27-17-7-4-6-16(14-17)15-25-11-2-1-3-12-25/h4,6-7,14H,1-3,5,8-13,15H2,(H,21,23)(H,22,24). The van der Waals surface area contributed by atoms with Crippen molar-refractivity contribution in [3.63, 3.8) is 0 Å². The normalized spacial score (nSPS) is 15.4. The molecule has 1 atom stereocenters. The predicted molar refractivity (Wildman–Crippen MR) is 109 cm³/mol. The van der Waals surface area contributed by atoms with E-state index >= 15 is 0 Å². The molecule has 154 valence electrons. The van der Waals surface area contributed by atoms with Gasteiger partial charge in [0.2, 0.25) is 11.6 Å². The first-order valence-corrected chi connectivity index (χ1v) is 10.9. The quantitative estimate of drug-likeness (QED) is 0.434. The monoisotopic (exact) mass is 409 g/mol. The van der Waals surface area contributed by atoms with Crippen LogP contribution in [0.3, 0.4) is 0 Å². The van der Waals surface area contributed by atoms with Crippen molar-refractivity contribution in [3.8, 4) is 5.75 Å². The average Bonchev–Trinajstić information content (AvgIpc) is 3.06. The summed E-state index contributed by atoms with van der Waals surface area (Å²) >= 11 is -1.64. The molecule has 1 saturated heterocycles. The highest BCUT2D eigenvalue weighted by atomic mass is 32.2. The number of likely N-dealkylation sites (tertiary alicyclic amines) is 1. The molecule has 0 radical (unpaired) electrons. The van der Waals surface area contributed by atoms with Crippen LogP contribution in [0.5, 0.6) is 5.75 Å². The molecular formula is C19H28FN5O2S. The Morgan fingerprint density at radius 3 is 2.61 bits per heavy atom. The number of ether oxygens (including phenoxy) is 1. The summed E-state index contributed by atoms with van der Waals surface area (Å²) in [7, 11) is 0. The third-order valence-corrected chi connectivity index (χ3v) is 5.26. The zero-order valence-corrected chi connectivity index (χ0v) is 16.8. The first kappa shape index (κ1) is 20.8. The van der Waals surface area contributed by atoms with E-state index in [1.54, 1.807) is 0 Å². The molecule has 7 nitrogen and oxygen atoms in total. The third kappa shape index (κ3) is 6.57. The molecule has 2 aromatic rings. The molecule has 0 aliphatic carbocycles. The van der Waals surface area contributed by atoms with Gasteiger partial charge in [-0.3, -0.25) is 4.90 Å². The first-order valence-electron chi connectivity index (χ1n) is 9.82. The summed E-state index contributed by atoms with van der Waals surface area (Å²) in [5.41, 5.74) is 1.28. The second kappa shape index (κ2) is 11.1. The van der Waals surface area contributed by atoms with Gasteiger partial charge in [-0.05, 0) is 50.0 Å². The summed E-state index contributed by atoms with van der Waals surface area (Å²) < 4.78 is 37.3. The highest BCUT2D eigenvalue weighted by Crippen LogP contribution is 2.22. The van der Waals surface area contributed by atoms with Gasteiger partial charge in [0.25, 0.3) is 0 Å². The van der Waals surface area contributed by atoms with Crippen LogP contribution >= 0.6 is 11.1 Å². The number of anilines is 2. The van der Waals surface area contributed by atoms with Gasteiger partial charge in [0.15, 0.2) is 11.1 Å². The molecule has 1 aliphatic heterocycles. The third-order valence-electron chi connectivity index (χ3n) is 4.59. The van der Waals surface area contributed by atoms with Gasteiger partial charge in [0, 0.05) is 28.4 Å². The fourth-order valence-electron chi connectivity index (χ4n) is 3.24. The Morgan fingerprint density at radius 1 is 1.11 bits per heavy atom. The van der Waals surface area contributed by atoms with Crippen molar-refractivity contribution in [2.45, 2.75) is 32.2 Å². The number of nitrogens with one attached hydrogen (secondary N) is 2. The van der Waals surface area contributed by atoms with E-state index in [0.717, 1.165) is 18.7 Å². The molecule has 1 aromatic carbocycles. The number of rotatable bonds is 11. The van der Waals surface area contributed by atoms with Crippen LogP contribution in [-0.2, 0) is 6.54 Å². The second-order valence-electron chi connectivity index (χ2n) is 6.84. The topological polar surface area (TPSA) is 85.4 Å². The Labute approximate surface area is 168 Å². The molecule has 1 unspecified atom stereocenters. The van der Waals surface area contributed by atoms with E-state index in [1.807, 2.05) is 12.1 Å². The van der Waals surface area contributed by atoms with Gasteiger partial charge in [0.1, 0.15) is 12.4 Å². The van der Waals surface area contributed by atoms with E-state index in [4.69, 9.17) is 4.74 Å². The van der Waals surface area contributed by atoms with E-state index in [1.165, 1.54) is 37.9 Å². The van der Waals surface area contributed by atoms with Gasteiger partial charge < -0.3 is 19.9 Å². The van der Waals surface area contributed by atoms with Crippen LogP contribution < -0.4 is 15.4 Å². The van der Waals surface area contributed by atoms with E-state index in [2.05, 4.69) is 36.4 Å². The van der Waals surface area contributed by atoms with E-state index in [9.17, 15) is 8.94 Å². The maximum Gasteiger partial charge on any atom is 0.232 e. The Hall–Kier alpha value is -1.97. The molecule has 9 heteroatoms. The Bertz CT molecular complexity index is 724. The molecule has 2 N–H and O–H groups in total. The molecule has 1 aliphatic rings. The molecule has 3 rings (SSSR count). The number of hydrogen-bond donors (Lipinski definition) is 2. The maximum absolute atomic E-state index is 12.3. The van der Waals surface area contributed by atoms with Crippen molar-refractivity contribution in [2.24, 2.45) is 0 Å². The molecule has 0 spiro atoms. The van der Waals surface area contributed by atoms with Crippen LogP contribution in [0.2, 0.25) is 0 Å². The minimum atomic E-state index is -1.64. The van der Waals surface area contributed by atoms with Crippen LogP contribution in [-0.4, -0.2) is 57.7 Å². The molecule has 28 heavy (non-hydrogen) atoms. The van der Waals surface area contributed by atoms with Crippen molar-refractivity contribution >= 4 is 22.8 Å². The second-order valence-corrected chi connectivity index (χ2v) is 7.67. The molecule has 0 saturated carbocycles. The SMILES string of the molecule is [O-][s+]1nc(NCCF)c(NCCCOc2cccc(CN3CCCCC3)c2)n1. The van der Waals surface area contributed by atoms with Gasteiger partial charge in [-0.25, -0.2) is 4.39 Å². The predicted octanol–water partition coefficient (Wildman–Crippen LogP) is 3.45. The Kier molecular flexibility index (Phi) is 8.25. The molecule has 0 amide bonds. The highest BCUT2D eigenvalue weighted by molar-refractivity contribution is 7.14. The summed E-state index contributed by atoms with van der Waals surface area (Å²) in [6, 6.07) is 8.27. The van der Waals surface area contributed by atoms with Crippen LogP contribution in [0, 0.1) is 0 Å². The Balaban J connectivity index is 1.39. The highest BCUT2D eigenvalue weighted by Gasteiger charge is 2.14. The van der Waals surface area contributed by atoms with Crippen LogP contribution in [0.25, 0.3) is 0 Å². The van der Waals surface area contributed by atoms with Crippen molar-refractivity contribution in [1.82, 2.24) is 13.6 Å². The van der Waals surface area contributed by atoms with Crippen LogP contribution in [0.15, 0.2) is 24.3 Å². The van der Waals surface area contributed by atoms with Gasteiger partial charge in [-0.1, -0.05) is 18.6 Å². The Morgan fingerprint density at radius 2 is 1.86 bits per heavy atom. The summed E-state index contributed by atoms with van der Waals surface area (Å²) in [4.78, 5) is 2.49. The van der Waals surface area contributed by atoms with Crippen LogP contribution in [0.4, 0.5) is 16.0 Å². The van der Waals surface area contributed by atoms with Gasteiger partial charge in [-0.15, -0.1) is 0 Å². The summed E-state index contributed by atoms with van der Waals surface area (Å²) in [5.74, 6) is 1.64. The number of nitrogens with zero attached hydrogens (tertiary/aromatic N) is 3. The number of alkyl halides is 1. The maximum atomic E-state index is 12.3. The number of aromatic nitrogens is 2. The van der Waals surface area contributed by atoms with Crippen LogP contribution in [0.1, 0.15) is 31.2 Å². The molecule has 2 heterocycles. The lowest BCUT2D eigenvalue weighted by atomic mass is 10.1. The number of benzene rings is 1. The zero-order chi connectivity index (χ0) is 19.6. The number of hydrogen-bond acceptors (Lipinski definition) is 7. The average molecular weight is 410 g/mol. The van der Waals surface area contributed by atoms with Crippen molar-refractivity contribution in [3.05, 3.63) is 29.8 Å². The lowest BCUT2D eigenvalue weighted by molar-refractivity contribution is 0.220. The first-order chi connectivity index (χ1) is 13.7. The number of halogens is 1. The summed E-state index contributed by atoms with van der Waals surface area (Å²) in [6.07, 6.45) is 4.67. The lowest BCUT2D eigenvalue weighted by Gasteiger charge is -2.26. The van der Waals surface area contributed by atoms with Crippen molar-refractivity contribution in [2.75, 3.05) is 50.1 Å². The van der Waals surface area contributed by atoms with E-state index < -0.39 is 17.8 Å². The molecule has 0 bridgehead atoms. The fourth-order valence-corrected chi connectivity index (χ4v) is 3.89. The summed E-state index contributed by atoms with van der Waals surface area (Å²) in [5, 5.41) is 5.85. The lowest BCUT2D eigenvalue weighted by Crippen LogP contribution is -2.29. The smallest absolute Gasteiger partial charge is 0.232 e. The minimum absolute atomic E-state index is 0.119. The largest absolute Gasteiger partial charge is 0.546 e.